The number of nitrogens with one attached hydrogen (secondary N) is 1. The summed E-state index contributed by atoms with van der Waals surface area (Å²) >= 11 is 0. The number of hydrogen-bond donors (Lipinski definition) is 1. The van der Waals surface area contributed by atoms with Gasteiger partial charge in [-0.3, -0.25) is 4.98 Å². The van der Waals surface area contributed by atoms with Crippen molar-refractivity contribution in [2.75, 3.05) is 68.7 Å². The Balaban J connectivity index is 1.66. The van der Waals surface area contributed by atoms with Crippen molar-refractivity contribution in [3.05, 3.63) is 66.0 Å². The maximum Gasteiger partial charge on any atom is 0.152 e. The molecule has 0 spiro atoms. The van der Waals surface area contributed by atoms with Gasteiger partial charge in [-0.15, -0.1) is 0 Å². The lowest BCUT2D eigenvalue weighted by atomic mass is 10.0. The highest BCUT2D eigenvalue weighted by atomic mass is 19.1. The van der Waals surface area contributed by atoms with E-state index in [1.165, 1.54) is 6.07 Å². The van der Waals surface area contributed by atoms with Crippen LogP contribution in [0.5, 0.6) is 0 Å². The topological polar surface area (TPSA) is 75.6 Å². The number of pyridine rings is 3. The van der Waals surface area contributed by atoms with Gasteiger partial charge >= 0.3 is 0 Å². The van der Waals surface area contributed by atoms with E-state index in [4.69, 9.17) is 14.5 Å². The summed E-state index contributed by atoms with van der Waals surface area (Å²) in [6, 6.07) is 9.65. The van der Waals surface area contributed by atoms with Gasteiger partial charge in [0.25, 0.3) is 0 Å². The summed E-state index contributed by atoms with van der Waals surface area (Å²) in [5.74, 6) is -0.679. The zero-order chi connectivity index (χ0) is 27.4. The number of aromatic nitrogens is 3. The van der Waals surface area contributed by atoms with E-state index in [2.05, 4.69) is 20.2 Å². The quantitative estimate of drug-likeness (QED) is 0.289. The third-order valence-corrected chi connectivity index (χ3v) is 6.85. The number of anilines is 4. The van der Waals surface area contributed by atoms with Crippen molar-refractivity contribution in [1.82, 2.24) is 15.0 Å². The third kappa shape index (κ3) is 5.76. The molecular formula is C29H32F2N6O2. The van der Waals surface area contributed by atoms with Crippen LogP contribution in [0.25, 0.3) is 22.3 Å². The molecule has 0 saturated carbocycles. The predicted octanol–water partition coefficient (Wildman–Crippen LogP) is 5.33. The molecule has 4 heterocycles. The zero-order valence-electron chi connectivity index (χ0n) is 22.4. The van der Waals surface area contributed by atoms with E-state index < -0.39 is 11.6 Å². The highest BCUT2D eigenvalue weighted by Crippen LogP contribution is 2.39. The lowest BCUT2D eigenvalue weighted by molar-refractivity contribution is 0.122. The normalized spacial score (nSPS) is 13.6. The third-order valence-electron chi connectivity index (χ3n) is 6.85. The molecule has 204 valence electrons. The van der Waals surface area contributed by atoms with E-state index >= 15 is 4.39 Å². The Kier molecular flexibility index (Phi) is 8.13. The van der Waals surface area contributed by atoms with Crippen molar-refractivity contribution >= 4 is 33.8 Å². The fourth-order valence-corrected chi connectivity index (χ4v) is 4.84. The number of morpholine rings is 1. The molecule has 1 aromatic carbocycles. The first kappa shape index (κ1) is 26.7. The summed E-state index contributed by atoms with van der Waals surface area (Å²) in [5, 5.41) is 3.69. The minimum absolute atomic E-state index is 0.202. The molecule has 0 aliphatic carbocycles. The van der Waals surface area contributed by atoms with Gasteiger partial charge in [0.05, 0.1) is 58.8 Å². The first-order valence-corrected chi connectivity index (χ1v) is 13.0. The fourth-order valence-electron chi connectivity index (χ4n) is 4.84. The highest BCUT2D eigenvalue weighted by molar-refractivity contribution is 5.99. The number of benzene rings is 1. The summed E-state index contributed by atoms with van der Waals surface area (Å²) < 4.78 is 40.4. The summed E-state index contributed by atoms with van der Waals surface area (Å²) in [6.45, 7) is 5.97. The van der Waals surface area contributed by atoms with Crippen molar-refractivity contribution in [3.8, 4) is 11.4 Å². The number of ether oxygens (including phenoxy) is 2. The van der Waals surface area contributed by atoms with Gasteiger partial charge < -0.3 is 24.6 Å². The molecule has 39 heavy (non-hydrogen) atoms. The number of hydrogen-bond acceptors (Lipinski definition) is 8. The molecule has 4 aromatic rings. The maximum absolute atomic E-state index is 15.4. The van der Waals surface area contributed by atoms with E-state index in [-0.39, 0.29) is 10.9 Å². The summed E-state index contributed by atoms with van der Waals surface area (Å²) in [5.41, 5.74) is 4.17. The molecule has 5 rings (SSSR count). The van der Waals surface area contributed by atoms with Crippen LogP contribution in [-0.2, 0) is 9.47 Å². The Bertz CT molecular complexity index is 1450. The van der Waals surface area contributed by atoms with Crippen molar-refractivity contribution < 1.29 is 18.3 Å². The molecule has 1 aliphatic rings. The first-order valence-electron chi connectivity index (χ1n) is 13.0. The van der Waals surface area contributed by atoms with Gasteiger partial charge in [-0.2, -0.15) is 0 Å². The largest absolute Gasteiger partial charge is 0.385 e. The standard InChI is InChI=1S/C29H32F2N6O2/c1-19-27(23-7-4-5-8-32-23)34-24-16-20(30)15-22(31)26(24)28(19)35-25-17-21(37-10-13-39-14-11-37)18-33-29(25)36(2)9-6-12-38-3/h4-5,7-8,15-18H,6,9-14H2,1-3H3,(H,34,35). The lowest BCUT2D eigenvalue weighted by Crippen LogP contribution is -2.36. The van der Waals surface area contributed by atoms with Crippen LogP contribution >= 0.6 is 0 Å². The Morgan fingerprint density at radius 1 is 1.13 bits per heavy atom. The molecule has 0 amide bonds. The predicted molar refractivity (Wildman–Crippen MR) is 150 cm³/mol. The van der Waals surface area contributed by atoms with Gasteiger partial charge in [0.15, 0.2) is 5.82 Å². The van der Waals surface area contributed by atoms with Crippen LogP contribution in [0.15, 0.2) is 48.8 Å². The zero-order valence-corrected chi connectivity index (χ0v) is 22.4. The van der Waals surface area contributed by atoms with Gasteiger partial charge in [-0.25, -0.2) is 18.7 Å². The molecule has 0 unspecified atom stereocenters. The van der Waals surface area contributed by atoms with Crippen molar-refractivity contribution in [1.29, 1.82) is 0 Å². The van der Waals surface area contributed by atoms with E-state index in [0.29, 0.717) is 60.5 Å². The molecule has 3 aromatic heterocycles. The van der Waals surface area contributed by atoms with E-state index in [0.717, 1.165) is 31.3 Å². The van der Waals surface area contributed by atoms with Crippen LogP contribution in [0.2, 0.25) is 0 Å². The lowest BCUT2D eigenvalue weighted by Gasteiger charge is -2.30. The Morgan fingerprint density at radius 2 is 1.95 bits per heavy atom. The summed E-state index contributed by atoms with van der Waals surface area (Å²) in [6.07, 6.45) is 4.34. The van der Waals surface area contributed by atoms with Crippen LogP contribution in [0, 0.1) is 18.6 Å². The van der Waals surface area contributed by atoms with Gasteiger partial charge in [0.2, 0.25) is 0 Å². The minimum atomic E-state index is -0.692. The Hall–Kier alpha value is -3.89. The Morgan fingerprint density at radius 3 is 2.69 bits per heavy atom. The van der Waals surface area contributed by atoms with E-state index in [1.807, 2.05) is 49.3 Å². The molecule has 8 nitrogen and oxygen atoms in total. The average molecular weight is 535 g/mol. The van der Waals surface area contributed by atoms with E-state index in [9.17, 15) is 4.39 Å². The van der Waals surface area contributed by atoms with Crippen LogP contribution in [0.1, 0.15) is 12.0 Å². The molecule has 0 atom stereocenters. The molecule has 0 bridgehead atoms. The molecule has 1 aliphatic heterocycles. The van der Waals surface area contributed by atoms with Gasteiger partial charge in [-0.05, 0) is 31.5 Å². The smallest absolute Gasteiger partial charge is 0.152 e. The molecule has 10 heteroatoms. The summed E-state index contributed by atoms with van der Waals surface area (Å²) in [4.78, 5) is 18.1. The second-order valence-electron chi connectivity index (χ2n) is 9.51. The number of nitrogens with zero attached hydrogens (tertiary/aromatic N) is 5. The van der Waals surface area contributed by atoms with Crippen LogP contribution in [-0.4, -0.2) is 68.6 Å². The van der Waals surface area contributed by atoms with Crippen LogP contribution in [0.4, 0.5) is 31.7 Å². The molecular weight excluding hydrogens is 502 g/mol. The first-order chi connectivity index (χ1) is 19.0. The SMILES string of the molecule is COCCCN(C)c1ncc(N2CCOCC2)cc1Nc1c(C)c(-c2ccccn2)nc2cc(F)cc(F)c12. The molecule has 0 radical (unpaired) electrons. The van der Waals surface area contributed by atoms with E-state index in [1.54, 1.807) is 13.3 Å². The van der Waals surface area contributed by atoms with Crippen LogP contribution in [0.3, 0.4) is 0 Å². The maximum atomic E-state index is 15.4. The fraction of sp³-hybridized carbons (Fsp3) is 0.345. The van der Waals surface area contributed by atoms with Crippen molar-refractivity contribution in [2.45, 2.75) is 13.3 Å². The van der Waals surface area contributed by atoms with Gasteiger partial charge in [0, 0.05) is 64.3 Å². The number of rotatable bonds is 9. The number of halogens is 2. The van der Waals surface area contributed by atoms with Crippen LogP contribution < -0.4 is 15.1 Å². The monoisotopic (exact) mass is 534 g/mol. The van der Waals surface area contributed by atoms with Gasteiger partial charge in [0.1, 0.15) is 11.6 Å². The minimum Gasteiger partial charge on any atom is -0.385 e. The second-order valence-corrected chi connectivity index (χ2v) is 9.51. The number of fused-ring (bicyclic) bond motifs is 1. The summed E-state index contributed by atoms with van der Waals surface area (Å²) in [7, 11) is 3.64. The second kappa shape index (κ2) is 11.9. The number of methoxy groups -OCH3 is 1. The van der Waals surface area contributed by atoms with Crippen molar-refractivity contribution in [3.63, 3.8) is 0 Å². The average Bonchev–Trinajstić information content (AvgIpc) is 2.95. The van der Waals surface area contributed by atoms with Crippen molar-refractivity contribution in [2.24, 2.45) is 0 Å². The highest BCUT2D eigenvalue weighted by Gasteiger charge is 2.22. The molecule has 1 N–H and O–H groups in total. The molecule has 1 saturated heterocycles. The Labute approximate surface area is 226 Å². The van der Waals surface area contributed by atoms with Gasteiger partial charge in [-0.1, -0.05) is 6.07 Å². The molecule has 1 fully saturated rings.